The molecule has 0 saturated carbocycles. The average molecular weight is 276 g/mol. The Hall–Kier alpha value is -2.11. The van der Waals surface area contributed by atoms with Gasteiger partial charge in [-0.3, -0.25) is 19.6 Å². The summed E-state index contributed by atoms with van der Waals surface area (Å²) in [4.78, 5) is 28.8. The van der Waals surface area contributed by atoms with E-state index in [2.05, 4.69) is 23.3 Å². The van der Waals surface area contributed by atoms with Crippen molar-refractivity contribution in [2.45, 2.75) is 33.6 Å². The number of hydrogen-bond donors (Lipinski definition) is 1. The summed E-state index contributed by atoms with van der Waals surface area (Å²) in [5.41, 5.74) is 0. The molecule has 0 aliphatic carbocycles. The smallest absolute Gasteiger partial charge is 0.290 e. The molecule has 6 heteroatoms. The number of nitrogens with one attached hydrogen (secondary N) is 1. The summed E-state index contributed by atoms with van der Waals surface area (Å²) >= 11 is 0. The lowest BCUT2D eigenvalue weighted by molar-refractivity contribution is -0.120. The average Bonchev–Trinajstić information content (AvgIpc) is 2.84. The molecule has 3 rings (SSSR count). The van der Waals surface area contributed by atoms with Gasteiger partial charge < -0.3 is 0 Å². The van der Waals surface area contributed by atoms with Gasteiger partial charge in [0.1, 0.15) is 11.6 Å². The summed E-state index contributed by atoms with van der Waals surface area (Å²) in [5.74, 6) is 1.91. The van der Waals surface area contributed by atoms with Crippen molar-refractivity contribution in [2.24, 2.45) is 5.92 Å². The van der Waals surface area contributed by atoms with E-state index in [9.17, 15) is 9.59 Å². The Labute approximate surface area is 118 Å². The molecule has 0 bridgehead atoms. The summed E-state index contributed by atoms with van der Waals surface area (Å²) in [6.07, 6.45) is 6.91. The quantitative estimate of drug-likeness (QED) is 0.853. The SMILES string of the molecule is CC.CC1C=Cn2c(N3CCC(=O)NC3=O)cnc2C1. The molecular formula is C14H20N4O2. The van der Waals surface area contributed by atoms with Gasteiger partial charge in [-0.15, -0.1) is 0 Å². The van der Waals surface area contributed by atoms with Crippen molar-refractivity contribution in [1.29, 1.82) is 0 Å². The lowest BCUT2D eigenvalue weighted by atomic mass is 10.1. The molecule has 0 spiro atoms. The molecule has 1 aromatic rings. The number of hydrogen-bond acceptors (Lipinski definition) is 3. The number of urea groups is 1. The molecule has 20 heavy (non-hydrogen) atoms. The van der Waals surface area contributed by atoms with Crippen LogP contribution < -0.4 is 10.2 Å². The van der Waals surface area contributed by atoms with Gasteiger partial charge in [0.15, 0.2) is 0 Å². The molecule has 0 aromatic carbocycles. The second-order valence-corrected chi connectivity index (χ2v) is 4.68. The molecule has 1 fully saturated rings. The summed E-state index contributed by atoms with van der Waals surface area (Å²) in [7, 11) is 0. The van der Waals surface area contributed by atoms with Crippen LogP contribution in [0.4, 0.5) is 10.6 Å². The number of aromatic nitrogens is 2. The van der Waals surface area contributed by atoms with Crippen molar-refractivity contribution >= 4 is 24.0 Å². The minimum Gasteiger partial charge on any atom is -0.290 e. The molecule has 1 N–H and O–H groups in total. The van der Waals surface area contributed by atoms with Gasteiger partial charge >= 0.3 is 6.03 Å². The van der Waals surface area contributed by atoms with Crippen LogP contribution in [0.25, 0.3) is 6.20 Å². The first-order valence-electron chi connectivity index (χ1n) is 7.01. The maximum absolute atomic E-state index is 11.8. The first kappa shape index (κ1) is 14.3. The highest BCUT2D eigenvalue weighted by Gasteiger charge is 2.28. The standard InChI is InChI=1S/C12H14N4O2.C2H6/c1-8-2-4-15-9(6-8)13-7-11(15)16-5-3-10(17)14-12(16)18;1-2/h2,4,7-8H,3,5-6H2,1H3,(H,14,17,18);1-2H3. The molecule has 1 aromatic heterocycles. The van der Waals surface area contributed by atoms with Crippen molar-refractivity contribution in [2.75, 3.05) is 11.4 Å². The second-order valence-electron chi connectivity index (χ2n) is 4.68. The van der Waals surface area contributed by atoms with Crippen LogP contribution in [0.3, 0.4) is 0 Å². The van der Waals surface area contributed by atoms with Crippen LogP contribution in [0.15, 0.2) is 12.3 Å². The van der Waals surface area contributed by atoms with Crippen molar-refractivity contribution in [3.05, 3.63) is 18.1 Å². The monoisotopic (exact) mass is 276 g/mol. The van der Waals surface area contributed by atoms with Gasteiger partial charge in [-0.05, 0) is 5.92 Å². The molecule has 3 amide bonds. The number of rotatable bonds is 1. The lowest BCUT2D eigenvalue weighted by Gasteiger charge is -2.27. The van der Waals surface area contributed by atoms with E-state index in [1.165, 1.54) is 0 Å². The Morgan fingerprint density at radius 1 is 1.35 bits per heavy atom. The third-order valence-electron chi connectivity index (χ3n) is 3.25. The third kappa shape index (κ3) is 2.59. The summed E-state index contributed by atoms with van der Waals surface area (Å²) in [5, 5.41) is 2.32. The Balaban J connectivity index is 0.000000704. The number of fused-ring (bicyclic) bond motifs is 1. The zero-order valence-corrected chi connectivity index (χ0v) is 12.1. The maximum atomic E-state index is 11.8. The van der Waals surface area contributed by atoms with Crippen LogP contribution in [-0.2, 0) is 11.2 Å². The van der Waals surface area contributed by atoms with Crippen LogP contribution in [-0.4, -0.2) is 28.0 Å². The normalized spacial score (nSPS) is 20.9. The summed E-state index contributed by atoms with van der Waals surface area (Å²) < 4.78 is 1.91. The zero-order chi connectivity index (χ0) is 14.7. The number of imide groups is 1. The van der Waals surface area contributed by atoms with E-state index in [1.807, 2.05) is 24.6 Å². The van der Waals surface area contributed by atoms with Gasteiger partial charge in [0.05, 0.1) is 6.20 Å². The molecule has 108 valence electrons. The molecule has 6 nitrogen and oxygen atoms in total. The fourth-order valence-electron chi connectivity index (χ4n) is 2.27. The Morgan fingerprint density at radius 2 is 2.10 bits per heavy atom. The lowest BCUT2D eigenvalue weighted by Crippen LogP contribution is -2.50. The first-order valence-corrected chi connectivity index (χ1v) is 7.01. The van der Waals surface area contributed by atoms with Crippen molar-refractivity contribution in [1.82, 2.24) is 14.9 Å². The topological polar surface area (TPSA) is 67.2 Å². The fourth-order valence-corrected chi connectivity index (χ4v) is 2.27. The van der Waals surface area contributed by atoms with Crippen molar-refractivity contribution in [3.8, 4) is 0 Å². The molecule has 1 saturated heterocycles. The van der Waals surface area contributed by atoms with E-state index in [0.717, 1.165) is 18.1 Å². The van der Waals surface area contributed by atoms with Crippen LogP contribution in [0.1, 0.15) is 33.0 Å². The summed E-state index contributed by atoms with van der Waals surface area (Å²) in [6, 6.07) is -0.374. The Bertz CT molecular complexity index is 547. The molecule has 0 radical (unpaired) electrons. The zero-order valence-electron chi connectivity index (χ0n) is 12.1. The third-order valence-corrected chi connectivity index (χ3v) is 3.25. The highest BCUT2D eigenvalue weighted by atomic mass is 16.2. The van der Waals surface area contributed by atoms with Crippen LogP contribution in [0.2, 0.25) is 0 Å². The Kier molecular flexibility index (Phi) is 4.22. The predicted molar refractivity (Wildman–Crippen MR) is 77.3 cm³/mol. The number of nitrogens with zero attached hydrogens (tertiary/aromatic N) is 3. The van der Waals surface area contributed by atoms with Gasteiger partial charge in [0.25, 0.3) is 0 Å². The van der Waals surface area contributed by atoms with Gasteiger partial charge in [-0.25, -0.2) is 9.78 Å². The molecule has 1 atom stereocenters. The van der Waals surface area contributed by atoms with Crippen LogP contribution in [0, 0.1) is 5.92 Å². The Morgan fingerprint density at radius 3 is 2.80 bits per heavy atom. The van der Waals surface area contributed by atoms with E-state index in [-0.39, 0.29) is 11.9 Å². The van der Waals surface area contributed by atoms with E-state index < -0.39 is 0 Å². The van der Waals surface area contributed by atoms with Gasteiger partial charge in [0, 0.05) is 25.6 Å². The van der Waals surface area contributed by atoms with Crippen molar-refractivity contribution < 1.29 is 9.59 Å². The highest BCUT2D eigenvalue weighted by molar-refractivity contribution is 6.05. The molecule has 3 heterocycles. The second kappa shape index (κ2) is 5.90. The first-order chi connectivity index (χ1) is 9.65. The number of carbonyl (C=O) groups is 2. The molecular weight excluding hydrogens is 256 g/mol. The van der Waals surface area contributed by atoms with Gasteiger partial charge in [-0.2, -0.15) is 0 Å². The highest BCUT2D eigenvalue weighted by Crippen LogP contribution is 2.24. The van der Waals surface area contributed by atoms with E-state index >= 15 is 0 Å². The van der Waals surface area contributed by atoms with E-state index in [4.69, 9.17) is 0 Å². The number of imidazole rings is 1. The fraction of sp³-hybridized carbons (Fsp3) is 0.500. The number of allylic oxidation sites excluding steroid dienone is 1. The van der Waals surface area contributed by atoms with Gasteiger partial charge in [0.2, 0.25) is 5.91 Å². The predicted octanol–water partition coefficient (Wildman–Crippen LogP) is 2.02. The minimum absolute atomic E-state index is 0.223. The largest absolute Gasteiger partial charge is 0.329 e. The van der Waals surface area contributed by atoms with E-state index in [1.54, 1.807) is 11.1 Å². The number of anilines is 1. The van der Waals surface area contributed by atoms with Crippen molar-refractivity contribution in [3.63, 3.8) is 0 Å². The minimum atomic E-state index is -0.374. The molecule has 2 aliphatic rings. The maximum Gasteiger partial charge on any atom is 0.329 e. The molecule has 2 aliphatic heterocycles. The van der Waals surface area contributed by atoms with E-state index in [0.29, 0.717) is 18.9 Å². The summed E-state index contributed by atoms with van der Waals surface area (Å²) in [6.45, 7) is 6.53. The number of carbonyl (C=O) groups excluding carboxylic acids is 2. The number of amides is 3. The molecule has 1 unspecified atom stereocenters. The van der Waals surface area contributed by atoms with Crippen LogP contribution >= 0.6 is 0 Å². The van der Waals surface area contributed by atoms with Gasteiger partial charge in [-0.1, -0.05) is 26.8 Å². The van der Waals surface area contributed by atoms with Crippen LogP contribution in [0.5, 0.6) is 0 Å².